The number of hydrogen-bond donors (Lipinski definition) is 1. The molecule has 1 N–H and O–H groups in total. The first-order valence-corrected chi connectivity index (χ1v) is 10.2. The maximum absolute atomic E-state index is 12.6. The van der Waals surface area contributed by atoms with Gasteiger partial charge in [-0.3, -0.25) is 4.79 Å². The number of amides is 1. The highest BCUT2D eigenvalue weighted by Gasteiger charge is 2.21. The third-order valence-corrected chi connectivity index (χ3v) is 4.91. The van der Waals surface area contributed by atoms with Gasteiger partial charge in [0.05, 0.1) is 12.1 Å². The van der Waals surface area contributed by atoms with E-state index in [0.717, 1.165) is 18.4 Å². The minimum atomic E-state index is -0.230. The van der Waals surface area contributed by atoms with Crippen molar-refractivity contribution < 1.29 is 9.53 Å². The Morgan fingerprint density at radius 2 is 1.67 bits per heavy atom. The van der Waals surface area contributed by atoms with E-state index in [9.17, 15) is 4.79 Å². The first kappa shape index (κ1) is 22.0. The number of rotatable bonds is 9. The molecular weight excluding hydrogens is 405 g/mol. The van der Waals surface area contributed by atoms with E-state index in [-0.39, 0.29) is 18.1 Å². The Morgan fingerprint density at radius 3 is 2.26 bits per heavy atom. The van der Waals surface area contributed by atoms with Crippen LogP contribution in [0.1, 0.15) is 42.6 Å². The fourth-order valence-corrected chi connectivity index (χ4v) is 3.33. The Bertz CT molecular complexity index is 729. The second-order valence-corrected chi connectivity index (χ2v) is 7.82. The van der Waals surface area contributed by atoms with Gasteiger partial charge < -0.3 is 10.1 Å². The molecular formula is C21H24Cl3NO2. The lowest BCUT2D eigenvalue weighted by molar-refractivity contribution is 0.0283. The summed E-state index contributed by atoms with van der Waals surface area (Å²) < 4.78 is 6.06. The summed E-state index contributed by atoms with van der Waals surface area (Å²) in [5.41, 5.74) is 1.53. The van der Waals surface area contributed by atoms with Crippen LogP contribution in [0.5, 0.6) is 0 Å². The molecule has 0 saturated heterocycles. The fourth-order valence-electron chi connectivity index (χ4n) is 2.68. The molecule has 2 unspecified atom stereocenters. The van der Waals surface area contributed by atoms with E-state index in [0.29, 0.717) is 33.7 Å². The Morgan fingerprint density at radius 1 is 1.04 bits per heavy atom. The summed E-state index contributed by atoms with van der Waals surface area (Å²) in [6.45, 7) is 4.71. The summed E-state index contributed by atoms with van der Waals surface area (Å²) in [5, 5.41) is 4.55. The number of carbonyl (C=O) groups is 1. The van der Waals surface area contributed by atoms with Crippen molar-refractivity contribution in [3.8, 4) is 0 Å². The lowest BCUT2D eigenvalue weighted by Crippen LogP contribution is -2.43. The standard InChI is InChI=1S/C21H24Cl3NO2/c1-3-4-9-27-20(10-15-5-7-17(22)8-6-15)14(2)25-21(26)16-11-18(23)13-19(24)12-16/h5-8,11-14,20H,3-4,9-10H2,1-2H3,(H,25,26). The van der Waals surface area contributed by atoms with E-state index in [1.807, 2.05) is 31.2 Å². The molecule has 2 aromatic rings. The molecule has 0 aliphatic heterocycles. The number of halogens is 3. The van der Waals surface area contributed by atoms with Gasteiger partial charge in [0, 0.05) is 33.7 Å². The van der Waals surface area contributed by atoms with Gasteiger partial charge in [-0.2, -0.15) is 0 Å². The minimum Gasteiger partial charge on any atom is -0.376 e. The van der Waals surface area contributed by atoms with Gasteiger partial charge in [-0.05, 0) is 49.2 Å². The molecule has 0 spiro atoms. The first-order valence-electron chi connectivity index (χ1n) is 9.02. The Hall–Kier alpha value is -1.26. The van der Waals surface area contributed by atoms with Crippen LogP contribution in [0, 0.1) is 0 Å². The molecule has 2 atom stereocenters. The van der Waals surface area contributed by atoms with Crippen LogP contribution in [0.3, 0.4) is 0 Å². The Balaban J connectivity index is 2.07. The van der Waals surface area contributed by atoms with Gasteiger partial charge in [-0.25, -0.2) is 0 Å². The molecule has 6 heteroatoms. The van der Waals surface area contributed by atoms with E-state index in [1.165, 1.54) is 0 Å². The van der Waals surface area contributed by atoms with E-state index in [1.54, 1.807) is 18.2 Å². The van der Waals surface area contributed by atoms with Crippen molar-refractivity contribution in [1.82, 2.24) is 5.32 Å². The number of carbonyl (C=O) groups excluding carboxylic acids is 1. The normalized spacial score (nSPS) is 13.2. The summed E-state index contributed by atoms with van der Waals surface area (Å²) >= 11 is 18.0. The number of hydrogen-bond acceptors (Lipinski definition) is 2. The number of unbranched alkanes of at least 4 members (excludes halogenated alkanes) is 1. The maximum Gasteiger partial charge on any atom is 0.251 e. The SMILES string of the molecule is CCCCOC(Cc1ccc(Cl)cc1)C(C)NC(=O)c1cc(Cl)cc(Cl)c1. The van der Waals surface area contributed by atoms with Gasteiger partial charge in [-0.1, -0.05) is 60.3 Å². The maximum atomic E-state index is 12.6. The zero-order valence-electron chi connectivity index (χ0n) is 15.5. The summed E-state index contributed by atoms with van der Waals surface area (Å²) in [6, 6.07) is 12.3. The van der Waals surface area contributed by atoms with E-state index in [2.05, 4.69) is 12.2 Å². The zero-order chi connectivity index (χ0) is 19.8. The molecule has 27 heavy (non-hydrogen) atoms. The number of ether oxygens (including phenoxy) is 1. The molecule has 0 aromatic heterocycles. The molecule has 0 aliphatic carbocycles. The fraction of sp³-hybridized carbons (Fsp3) is 0.381. The van der Waals surface area contributed by atoms with Crippen LogP contribution >= 0.6 is 34.8 Å². The Kier molecular flexibility index (Phi) is 8.91. The smallest absolute Gasteiger partial charge is 0.251 e. The van der Waals surface area contributed by atoms with Gasteiger partial charge in [0.1, 0.15) is 0 Å². The molecule has 0 bridgehead atoms. The third kappa shape index (κ3) is 7.34. The highest BCUT2D eigenvalue weighted by atomic mass is 35.5. The van der Waals surface area contributed by atoms with Crippen molar-refractivity contribution >= 4 is 40.7 Å². The molecule has 2 rings (SSSR count). The van der Waals surface area contributed by atoms with E-state index < -0.39 is 0 Å². The van der Waals surface area contributed by atoms with Crippen LogP contribution < -0.4 is 5.32 Å². The molecule has 0 radical (unpaired) electrons. The molecule has 3 nitrogen and oxygen atoms in total. The molecule has 0 heterocycles. The molecule has 0 saturated carbocycles. The van der Waals surface area contributed by atoms with Crippen LogP contribution in [0.15, 0.2) is 42.5 Å². The van der Waals surface area contributed by atoms with Crippen LogP contribution in [0.25, 0.3) is 0 Å². The van der Waals surface area contributed by atoms with Gasteiger partial charge >= 0.3 is 0 Å². The van der Waals surface area contributed by atoms with Gasteiger partial charge in [0.2, 0.25) is 0 Å². The summed E-state index contributed by atoms with van der Waals surface area (Å²) in [4.78, 5) is 12.6. The Labute approximate surface area is 176 Å². The molecule has 1 amide bonds. The van der Waals surface area contributed by atoms with E-state index >= 15 is 0 Å². The minimum absolute atomic E-state index is 0.156. The van der Waals surface area contributed by atoms with Gasteiger partial charge in [0.15, 0.2) is 0 Å². The van der Waals surface area contributed by atoms with Crippen molar-refractivity contribution in [3.05, 3.63) is 68.7 Å². The van der Waals surface area contributed by atoms with Crippen LogP contribution in [0.2, 0.25) is 15.1 Å². The lowest BCUT2D eigenvalue weighted by Gasteiger charge is -2.26. The quantitative estimate of drug-likeness (QED) is 0.483. The van der Waals surface area contributed by atoms with Crippen molar-refractivity contribution in [2.24, 2.45) is 0 Å². The largest absolute Gasteiger partial charge is 0.376 e. The molecule has 146 valence electrons. The highest BCUT2D eigenvalue weighted by molar-refractivity contribution is 6.35. The molecule has 0 aliphatic rings. The first-order chi connectivity index (χ1) is 12.9. The molecule has 0 fully saturated rings. The van der Waals surface area contributed by atoms with Crippen molar-refractivity contribution in [2.75, 3.05) is 6.61 Å². The second-order valence-electron chi connectivity index (χ2n) is 6.51. The molecule has 2 aromatic carbocycles. The topological polar surface area (TPSA) is 38.3 Å². The highest BCUT2D eigenvalue weighted by Crippen LogP contribution is 2.20. The van der Waals surface area contributed by atoms with Crippen LogP contribution in [-0.2, 0) is 11.2 Å². The average Bonchev–Trinajstić information content (AvgIpc) is 2.61. The predicted octanol–water partition coefficient (Wildman–Crippen LogP) is 6.19. The number of benzene rings is 2. The summed E-state index contributed by atoms with van der Waals surface area (Å²) in [5.74, 6) is -0.230. The predicted molar refractivity (Wildman–Crippen MR) is 113 cm³/mol. The summed E-state index contributed by atoms with van der Waals surface area (Å²) in [7, 11) is 0. The third-order valence-electron chi connectivity index (χ3n) is 4.22. The average molecular weight is 429 g/mol. The second kappa shape index (κ2) is 10.9. The summed E-state index contributed by atoms with van der Waals surface area (Å²) in [6.07, 6.45) is 2.55. The van der Waals surface area contributed by atoms with E-state index in [4.69, 9.17) is 39.5 Å². The van der Waals surface area contributed by atoms with Gasteiger partial charge in [-0.15, -0.1) is 0 Å². The van der Waals surface area contributed by atoms with Crippen molar-refractivity contribution in [2.45, 2.75) is 45.3 Å². The van der Waals surface area contributed by atoms with Crippen LogP contribution in [0.4, 0.5) is 0 Å². The lowest BCUT2D eigenvalue weighted by atomic mass is 10.0. The monoisotopic (exact) mass is 427 g/mol. The zero-order valence-corrected chi connectivity index (χ0v) is 17.7. The number of nitrogens with one attached hydrogen (secondary N) is 1. The van der Waals surface area contributed by atoms with Crippen LogP contribution in [-0.4, -0.2) is 24.7 Å². The van der Waals surface area contributed by atoms with Crippen molar-refractivity contribution in [1.29, 1.82) is 0 Å². The van der Waals surface area contributed by atoms with Gasteiger partial charge in [0.25, 0.3) is 5.91 Å². The van der Waals surface area contributed by atoms with Crippen molar-refractivity contribution in [3.63, 3.8) is 0 Å².